The van der Waals surface area contributed by atoms with Crippen LogP contribution < -0.4 is 5.32 Å². The third-order valence-corrected chi connectivity index (χ3v) is 3.14. The minimum atomic E-state index is -0.302. The van der Waals surface area contributed by atoms with Crippen LogP contribution in [0.3, 0.4) is 0 Å². The van der Waals surface area contributed by atoms with Crippen LogP contribution in [0.5, 0.6) is 0 Å². The Morgan fingerprint density at radius 2 is 2.25 bits per heavy atom. The van der Waals surface area contributed by atoms with Crippen LogP contribution in [-0.2, 0) is 4.74 Å². The van der Waals surface area contributed by atoms with Crippen molar-refractivity contribution in [3.8, 4) is 0 Å². The Kier molecular flexibility index (Phi) is 4.54. The molecule has 2 rings (SSSR count). The van der Waals surface area contributed by atoms with Gasteiger partial charge >= 0.3 is 0 Å². The highest BCUT2D eigenvalue weighted by atomic mass is 16.5. The Bertz CT molecular complexity index is 459. The lowest BCUT2D eigenvalue weighted by Gasteiger charge is -2.37. The molecule has 110 valence electrons. The Morgan fingerprint density at radius 1 is 1.45 bits per heavy atom. The second-order valence-corrected chi connectivity index (χ2v) is 5.55. The van der Waals surface area contributed by atoms with E-state index < -0.39 is 0 Å². The van der Waals surface area contributed by atoms with Gasteiger partial charge in [-0.2, -0.15) is 0 Å². The summed E-state index contributed by atoms with van der Waals surface area (Å²) in [5, 5.41) is 3.13. The van der Waals surface area contributed by atoms with E-state index in [-0.39, 0.29) is 11.5 Å². The number of nitrogens with zero attached hydrogens (tertiary/aromatic N) is 3. The van der Waals surface area contributed by atoms with Gasteiger partial charge in [0.05, 0.1) is 24.6 Å². The number of aromatic nitrogens is 2. The van der Waals surface area contributed by atoms with Gasteiger partial charge in [-0.25, -0.2) is 9.97 Å². The number of morpholine rings is 1. The fourth-order valence-corrected chi connectivity index (χ4v) is 2.13. The third kappa shape index (κ3) is 3.66. The van der Waals surface area contributed by atoms with Gasteiger partial charge in [0, 0.05) is 19.6 Å². The van der Waals surface area contributed by atoms with Crippen LogP contribution in [0, 0.1) is 0 Å². The molecule has 6 nitrogen and oxygen atoms in total. The van der Waals surface area contributed by atoms with Crippen molar-refractivity contribution in [2.45, 2.75) is 32.8 Å². The monoisotopic (exact) mass is 278 g/mol. The molecule has 1 aromatic rings. The lowest BCUT2D eigenvalue weighted by atomic mass is 10.1. The predicted octanol–water partition coefficient (Wildman–Crippen LogP) is 1.55. The van der Waals surface area contributed by atoms with Crippen molar-refractivity contribution in [3.05, 3.63) is 18.1 Å². The molecule has 1 fully saturated rings. The summed E-state index contributed by atoms with van der Waals surface area (Å²) in [5.74, 6) is 0.613. The van der Waals surface area contributed by atoms with Crippen molar-refractivity contribution in [2.24, 2.45) is 0 Å². The van der Waals surface area contributed by atoms with Gasteiger partial charge in [-0.1, -0.05) is 6.92 Å². The second kappa shape index (κ2) is 6.17. The topological polar surface area (TPSA) is 67.4 Å². The first-order valence-corrected chi connectivity index (χ1v) is 7.01. The molecule has 1 amide bonds. The van der Waals surface area contributed by atoms with Crippen molar-refractivity contribution in [3.63, 3.8) is 0 Å². The van der Waals surface area contributed by atoms with Crippen LogP contribution in [0.1, 0.15) is 37.7 Å². The molecule has 1 saturated heterocycles. The minimum absolute atomic E-state index is 0.0871. The number of carbonyl (C=O) groups is 1. The van der Waals surface area contributed by atoms with E-state index in [4.69, 9.17) is 4.74 Å². The first kappa shape index (κ1) is 14.7. The van der Waals surface area contributed by atoms with Gasteiger partial charge in [0.15, 0.2) is 0 Å². The van der Waals surface area contributed by atoms with Gasteiger partial charge in [0.1, 0.15) is 11.5 Å². The van der Waals surface area contributed by atoms with Crippen molar-refractivity contribution in [1.82, 2.24) is 14.9 Å². The van der Waals surface area contributed by atoms with Gasteiger partial charge in [-0.3, -0.25) is 4.79 Å². The molecule has 0 spiro atoms. The number of hydrogen-bond acceptors (Lipinski definition) is 5. The Morgan fingerprint density at radius 3 is 2.85 bits per heavy atom. The summed E-state index contributed by atoms with van der Waals surface area (Å²) < 4.78 is 5.61. The summed E-state index contributed by atoms with van der Waals surface area (Å²) in [4.78, 5) is 22.5. The van der Waals surface area contributed by atoms with Crippen LogP contribution in [0.15, 0.2) is 12.4 Å². The predicted molar refractivity (Wildman–Crippen MR) is 76.7 cm³/mol. The van der Waals surface area contributed by atoms with Crippen LogP contribution in [0.4, 0.5) is 5.82 Å². The maximum atomic E-state index is 12.4. The number of amides is 1. The lowest BCUT2D eigenvalue weighted by molar-refractivity contribution is -0.0765. The van der Waals surface area contributed by atoms with Crippen molar-refractivity contribution >= 4 is 11.7 Å². The van der Waals surface area contributed by atoms with E-state index in [1.807, 2.05) is 13.8 Å². The molecular weight excluding hydrogens is 256 g/mol. The third-order valence-electron chi connectivity index (χ3n) is 3.14. The van der Waals surface area contributed by atoms with E-state index in [9.17, 15) is 4.79 Å². The zero-order chi connectivity index (χ0) is 14.6. The summed E-state index contributed by atoms with van der Waals surface area (Å²) in [7, 11) is 0. The summed E-state index contributed by atoms with van der Waals surface area (Å²) >= 11 is 0. The molecule has 0 atom stereocenters. The first-order valence-electron chi connectivity index (χ1n) is 7.01. The molecule has 20 heavy (non-hydrogen) atoms. The fraction of sp³-hybridized carbons (Fsp3) is 0.643. The average molecular weight is 278 g/mol. The maximum Gasteiger partial charge on any atom is 0.274 e. The lowest BCUT2D eigenvalue weighted by Crippen LogP contribution is -2.50. The fourth-order valence-electron chi connectivity index (χ4n) is 2.13. The molecule has 6 heteroatoms. The van der Waals surface area contributed by atoms with E-state index in [0.29, 0.717) is 31.2 Å². The van der Waals surface area contributed by atoms with E-state index in [1.165, 1.54) is 6.20 Å². The van der Waals surface area contributed by atoms with Crippen LogP contribution in [-0.4, -0.2) is 52.6 Å². The molecule has 1 aliphatic heterocycles. The van der Waals surface area contributed by atoms with Gasteiger partial charge in [0.2, 0.25) is 0 Å². The first-order chi connectivity index (χ1) is 9.52. The highest BCUT2D eigenvalue weighted by Crippen LogP contribution is 2.18. The standard InChI is InChI=1S/C14H22N4O2/c1-4-5-15-12-9-16-11(8-17-12)13(19)18-6-7-20-14(2,3)10-18/h8-9H,4-7,10H2,1-3H3,(H,15,17). The second-order valence-electron chi connectivity index (χ2n) is 5.55. The number of carbonyl (C=O) groups excluding carboxylic acids is 1. The van der Waals surface area contributed by atoms with Gasteiger partial charge in [-0.05, 0) is 20.3 Å². The summed E-state index contributed by atoms with van der Waals surface area (Å²) in [5.41, 5.74) is 0.0778. The van der Waals surface area contributed by atoms with E-state index in [1.54, 1.807) is 11.1 Å². The maximum absolute atomic E-state index is 12.4. The largest absolute Gasteiger partial charge is 0.372 e. The molecule has 0 bridgehead atoms. The molecule has 1 N–H and O–H groups in total. The van der Waals surface area contributed by atoms with Crippen LogP contribution >= 0.6 is 0 Å². The highest BCUT2D eigenvalue weighted by molar-refractivity contribution is 5.92. The molecule has 1 aromatic heterocycles. The van der Waals surface area contributed by atoms with E-state index >= 15 is 0 Å². The van der Waals surface area contributed by atoms with E-state index in [2.05, 4.69) is 22.2 Å². The van der Waals surface area contributed by atoms with Gasteiger partial charge < -0.3 is 15.0 Å². The number of nitrogens with one attached hydrogen (secondary N) is 1. The van der Waals surface area contributed by atoms with Crippen molar-refractivity contribution in [1.29, 1.82) is 0 Å². The zero-order valence-electron chi connectivity index (χ0n) is 12.3. The zero-order valence-corrected chi connectivity index (χ0v) is 12.3. The molecule has 2 heterocycles. The van der Waals surface area contributed by atoms with Crippen molar-refractivity contribution in [2.75, 3.05) is 31.6 Å². The molecular formula is C14H22N4O2. The SMILES string of the molecule is CCCNc1cnc(C(=O)N2CCOC(C)(C)C2)cn1. The van der Waals surface area contributed by atoms with E-state index in [0.717, 1.165) is 13.0 Å². The Hall–Kier alpha value is -1.69. The summed E-state index contributed by atoms with van der Waals surface area (Å²) in [6, 6.07) is 0. The molecule has 0 radical (unpaired) electrons. The molecule has 0 unspecified atom stereocenters. The number of ether oxygens (including phenoxy) is 1. The smallest absolute Gasteiger partial charge is 0.274 e. The highest BCUT2D eigenvalue weighted by Gasteiger charge is 2.30. The summed E-state index contributed by atoms with van der Waals surface area (Å²) in [6.45, 7) is 8.62. The summed E-state index contributed by atoms with van der Waals surface area (Å²) in [6.07, 6.45) is 4.16. The molecule has 0 aromatic carbocycles. The Labute approximate surface area is 119 Å². The molecule has 0 saturated carbocycles. The molecule has 0 aliphatic carbocycles. The average Bonchev–Trinajstić information content (AvgIpc) is 2.44. The molecule has 1 aliphatic rings. The number of hydrogen-bond donors (Lipinski definition) is 1. The van der Waals surface area contributed by atoms with Gasteiger partial charge in [0.25, 0.3) is 5.91 Å². The van der Waals surface area contributed by atoms with Crippen molar-refractivity contribution < 1.29 is 9.53 Å². The number of rotatable bonds is 4. The van der Waals surface area contributed by atoms with Gasteiger partial charge in [-0.15, -0.1) is 0 Å². The quantitative estimate of drug-likeness (QED) is 0.905. The Balaban J connectivity index is 2.01. The van der Waals surface area contributed by atoms with Crippen LogP contribution in [0.2, 0.25) is 0 Å². The normalized spacial score (nSPS) is 17.9. The minimum Gasteiger partial charge on any atom is -0.372 e. The van der Waals surface area contributed by atoms with Crippen LogP contribution in [0.25, 0.3) is 0 Å². The number of anilines is 1.